The Morgan fingerprint density at radius 2 is 2.03 bits per heavy atom. The average molecular weight is 437 g/mol. The third-order valence-electron chi connectivity index (χ3n) is 5.49. The van der Waals surface area contributed by atoms with Crippen molar-refractivity contribution >= 4 is 17.4 Å². The van der Waals surface area contributed by atoms with Crippen molar-refractivity contribution < 1.29 is 14.3 Å². The first-order chi connectivity index (χ1) is 15.5. The highest BCUT2D eigenvalue weighted by atomic mass is 19.1. The zero-order valence-electron chi connectivity index (χ0n) is 17.6. The fourth-order valence-corrected chi connectivity index (χ4v) is 3.89. The molecule has 10 heteroatoms. The monoisotopic (exact) mass is 437 g/mol. The number of halogens is 1. The first-order valence-corrected chi connectivity index (χ1v) is 10.3. The van der Waals surface area contributed by atoms with E-state index in [0.717, 1.165) is 35.1 Å². The normalized spacial score (nSPS) is 18.6. The molecule has 4 aromatic rings. The maximum Gasteiger partial charge on any atom is 0.290 e. The molecule has 0 spiro atoms. The number of aryl methyl sites for hydroxylation is 1. The summed E-state index contributed by atoms with van der Waals surface area (Å²) in [5, 5.41) is 19.8. The molecule has 0 bridgehead atoms. The lowest BCUT2D eigenvalue weighted by molar-refractivity contribution is -0.122. The number of nitrogens with one attached hydrogen (secondary N) is 1. The van der Waals surface area contributed by atoms with Crippen LogP contribution in [0.1, 0.15) is 25.0 Å². The van der Waals surface area contributed by atoms with Gasteiger partial charge < -0.3 is 10.4 Å². The van der Waals surface area contributed by atoms with Gasteiger partial charge in [-0.1, -0.05) is 6.07 Å². The Morgan fingerprint density at radius 3 is 2.81 bits per heavy atom. The Morgan fingerprint density at radius 1 is 1.19 bits per heavy atom. The standard InChI is InChI=1S/C21H22FN7.CH2O2/c1-28-14-16(13-25-28)17-10-18-15(11-24-17)12-26-29(18)20-5-2-4-19(27-20)21(22)6-3-8-23-9-7-21;2-1-3/h2,4-5,10-14,23H,3,6-9H2,1H3;1H,(H,2,3). The zero-order chi connectivity index (χ0) is 22.6. The number of hydrogen-bond acceptors (Lipinski definition) is 6. The van der Waals surface area contributed by atoms with E-state index in [9.17, 15) is 0 Å². The number of rotatable bonds is 3. The molecule has 2 N–H and O–H groups in total. The zero-order valence-corrected chi connectivity index (χ0v) is 17.6. The molecule has 0 amide bonds. The number of alkyl halides is 1. The fraction of sp³-hybridized carbons (Fsp3) is 0.318. The molecule has 1 unspecified atom stereocenters. The highest BCUT2D eigenvalue weighted by Gasteiger charge is 2.34. The van der Waals surface area contributed by atoms with Gasteiger partial charge in [0.05, 0.1) is 29.3 Å². The summed E-state index contributed by atoms with van der Waals surface area (Å²) in [6, 6.07) is 7.46. The maximum atomic E-state index is 15.6. The van der Waals surface area contributed by atoms with Crippen LogP contribution in [0.5, 0.6) is 0 Å². The lowest BCUT2D eigenvalue weighted by Crippen LogP contribution is -2.24. The molecule has 9 nitrogen and oxygen atoms in total. The maximum absolute atomic E-state index is 15.6. The van der Waals surface area contributed by atoms with E-state index < -0.39 is 5.67 Å². The summed E-state index contributed by atoms with van der Waals surface area (Å²) < 4.78 is 19.1. The van der Waals surface area contributed by atoms with Gasteiger partial charge in [0.15, 0.2) is 11.5 Å². The molecule has 1 saturated heterocycles. The van der Waals surface area contributed by atoms with Crippen LogP contribution in [0.4, 0.5) is 4.39 Å². The van der Waals surface area contributed by atoms with E-state index in [2.05, 4.69) is 25.5 Å². The molecule has 32 heavy (non-hydrogen) atoms. The third-order valence-corrected chi connectivity index (χ3v) is 5.49. The van der Waals surface area contributed by atoms with Crippen LogP contribution in [0.2, 0.25) is 0 Å². The Balaban J connectivity index is 0.000000775. The van der Waals surface area contributed by atoms with Gasteiger partial charge >= 0.3 is 0 Å². The molecular weight excluding hydrogens is 413 g/mol. The van der Waals surface area contributed by atoms with E-state index in [1.54, 1.807) is 34.0 Å². The molecule has 0 saturated carbocycles. The van der Waals surface area contributed by atoms with Crippen LogP contribution < -0.4 is 5.32 Å². The average Bonchev–Trinajstić information content (AvgIpc) is 3.36. The number of aromatic nitrogens is 6. The molecule has 5 heterocycles. The molecule has 1 aliphatic heterocycles. The van der Waals surface area contributed by atoms with Crippen molar-refractivity contribution in [3.8, 4) is 17.1 Å². The summed E-state index contributed by atoms with van der Waals surface area (Å²) in [6.45, 7) is 1.26. The summed E-state index contributed by atoms with van der Waals surface area (Å²) in [4.78, 5) is 17.5. The van der Waals surface area contributed by atoms with Crippen LogP contribution in [-0.4, -0.2) is 54.2 Å². The van der Waals surface area contributed by atoms with Gasteiger partial charge in [0, 0.05) is 30.4 Å². The molecule has 0 aliphatic carbocycles. The van der Waals surface area contributed by atoms with Crippen molar-refractivity contribution in [3.63, 3.8) is 0 Å². The summed E-state index contributed by atoms with van der Waals surface area (Å²) in [5.74, 6) is 0.607. The van der Waals surface area contributed by atoms with Crippen LogP contribution in [0.15, 0.2) is 49.1 Å². The highest BCUT2D eigenvalue weighted by molar-refractivity contribution is 5.82. The Hall–Kier alpha value is -3.66. The topological polar surface area (TPSA) is 111 Å². The van der Waals surface area contributed by atoms with Crippen LogP contribution in [-0.2, 0) is 17.5 Å². The van der Waals surface area contributed by atoms with Crippen LogP contribution in [0.3, 0.4) is 0 Å². The largest absolute Gasteiger partial charge is 0.483 e. The van der Waals surface area contributed by atoms with E-state index in [1.807, 2.05) is 31.4 Å². The summed E-state index contributed by atoms with van der Waals surface area (Å²) in [7, 11) is 1.87. The smallest absolute Gasteiger partial charge is 0.290 e. The van der Waals surface area contributed by atoms with Gasteiger partial charge in [-0.15, -0.1) is 0 Å². The van der Waals surface area contributed by atoms with Gasteiger partial charge in [0.2, 0.25) is 0 Å². The number of hydrogen-bond donors (Lipinski definition) is 2. The van der Waals surface area contributed by atoms with Crippen molar-refractivity contribution in [3.05, 3.63) is 54.7 Å². The lowest BCUT2D eigenvalue weighted by Gasteiger charge is -2.23. The minimum absolute atomic E-state index is 0.250. The second-order valence-corrected chi connectivity index (χ2v) is 7.64. The van der Waals surface area contributed by atoms with Gasteiger partial charge in [0.1, 0.15) is 0 Å². The number of pyridine rings is 2. The van der Waals surface area contributed by atoms with Crippen LogP contribution >= 0.6 is 0 Å². The molecule has 1 fully saturated rings. The molecule has 0 radical (unpaired) electrons. The van der Waals surface area contributed by atoms with Crippen molar-refractivity contribution in [2.75, 3.05) is 13.1 Å². The molecular formula is C22H24FN7O2. The summed E-state index contributed by atoms with van der Waals surface area (Å²) >= 11 is 0. The van der Waals surface area contributed by atoms with E-state index >= 15 is 4.39 Å². The second-order valence-electron chi connectivity index (χ2n) is 7.64. The van der Waals surface area contributed by atoms with Gasteiger partial charge in [-0.25, -0.2) is 14.1 Å². The van der Waals surface area contributed by atoms with Crippen molar-refractivity contribution in [2.24, 2.45) is 7.05 Å². The number of carbonyl (C=O) groups is 1. The summed E-state index contributed by atoms with van der Waals surface area (Å²) in [6.07, 6.45) is 8.95. The minimum Gasteiger partial charge on any atom is -0.483 e. The molecule has 0 aromatic carbocycles. The van der Waals surface area contributed by atoms with Gasteiger partial charge in [-0.05, 0) is 50.6 Å². The van der Waals surface area contributed by atoms with Crippen LogP contribution in [0, 0.1) is 0 Å². The number of nitrogens with zero attached hydrogens (tertiary/aromatic N) is 6. The van der Waals surface area contributed by atoms with E-state index in [1.165, 1.54) is 0 Å². The van der Waals surface area contributed by atoms with Crippen molar-refractivity contribution in [1.82, 2.24) is 34.8 Å². The molecule has 1 atom stereocenters. The minimum atomic E-state index is -1.41. The third kappa shape index (κ3) is 4.35. The first kappa shape index (κ1) is 21.6. The Bertz CT molecular complexity index is 1210. The SMILES string of the molecule is Cn1cc(-c2cc3c(cn2)cnn3-c2cccc(C3(F)CCCNCC3)n2)cn1.O=CO. The molecule has 4 aromatic heterocycles. The lowest BCUT2D eigenvalue weighted by atomic mass is 9.92. The quantitative estimate of drug-likeness (QED) is 0.474. The predicted molar refractivity (Wildman–Crippen MR) is 117 cm³/mol. The second kappa shape index (κ2) is 9.23. The molecule has 1 aliphatic rings. The van der Waals surface area contributed by atoms with E-state index in [0.29, 0.717) is 30.9 Å². The molecule has 166 valence electrons. The molecule has 5 rings (SSSR count). The van der Waals surface area contributed by atoms with Gasteiger partial charge in [0.25, 0.3) is 6.47 Å². The number of carboxylic acid groups (broad SMARTS) is 1. The Labute approximate surface area is 183 Å². The van der Waals surface area contributed by atoms with E-state index in [4.69, 9.17) is 9.90 Å². The Kier molecular flexibility index (Phi) is 6.22. The van der Waals surface area contributed by atoms with Crippen molar-refractivity contribution in [2.45, 2.75) is 24.9 Å². The van der Waals surface area contributed by atoms with Crippen molar-refractivity contribution in [1.29, 1.82) is 0 Å². The first-order valence-electron chi connectivity index (χ1n) is 10.3. The number of fused-ring (bicyclic) bond motifs is 1. The predicted octanol–water partition coefficient (Wildman–Crippen LogP) is 2.86. The van der Waals surface area contributed by atoms with Gasteiger partial charge in [-0.3, -0.25) is 14.5 Å². The van der Waals surface area contributed by atoms with E-state index in [-0.39, 0.29) is 6.47 Å². The van der Waals surface area contributed by atoms with Crippen LogP contribution in [0.25, 0.3) is 28.0 Å². The highest BCUT2D eigenvalue weighted by Crippen LogP contribution is 2.35. The summed E-state index contributed by atoms with van der Waals surface area (Å²) in [5.41, 5.74) is 1.67. The fourth-order valence-electron chi connectivity index (χ4n) is 3.89. The van der Waals surface area contributed by atoms with Gasteiger partial charge in [-0.2, -0.15) is 10.2 Å².